The van der Waals surface area contributed by atoms with Gasteiger partial charge in [-0.1, -0.05) is 372 Å². The molecule has 1 fully saturated rings. The van der Waals surface area contributed by atoms with Crippen LogP contribution >= 0.6 is 0 Å². The monoisotopic (exact) mass is 1200 g/mol. The van der Waals surface area contributed by atoms with Gasteiger partial charge in [0.25, 0.3) is 0 Å². The highest BCUT2D eigenvalue weighted by molar-refractivity contribution is 5.76. The number of amides is 1. The fourth-order valence-electron chi connectivity index (χ4n) is 12.6. The molecule has 0 aromatic carbocycles. The van der Waals surface area contributed by atoms with Gasteiger partial charge < -0.3 is 40.3 Å². The molecule has 1 aliphatic heterocycles. The molecule has 1 rings (SSSR count). The number of aliphatic hydroxyl groups is 5. The van der Waals surface area contributed by atoms with E-state index >= 15 is 0 Å². The number of aliphatic hydroxyl groups excluding tert-OH is 5. The number of ether oxygens (including phenoxy) is 2. The average molecular weight is 1200 g/mol. The third kappa shape index (κ3) is 54.2. The van der Waals surface area contributed by atoms with E-state index in [2.05, 4.69) is 31.3 Å². The van der Waals surface area contributed by atoms with E-state index in [4.69, 9.17) is 9.47 Å². The van der Waals surface area contributed by atoms with E-state index in [0.29, 0.717) is 6.42 Å². The van der Waals surface area contributed by atoms with Crippen LogP contribution in [-0.2, 0) is 14.3 Å². The largest absolute Gasteiger partial charge is 0.394 e. The maximum absolute atomic E-state index is 13.2. The fraction of sp³-hybridized carbons (Fsp3) is 0.934. The van der Waals surface area contributed by atoms with Crippen molar-refractivity contribution >= 4 is 5.91 Å². The Kier molecular flexibility index (Phi) is 63.1. The van der Waals surface area contributed by atoms with Crippen LogP contribution in [0.15, 0.2) is 24.3 Å². The molecule has 0 aromatic rings. The number of hydrogen-bond donors (Lipinski definition) is 6. The molecule has 1 aliphatic rings. The second-order valence-corrected chi connectivity index (χ2v) is 26.8. The first-order chi connectivity index (χ1) is 41.8. The molecule has 0 radical (unpaired) electrons. The minimum Gasteiger partial charge on any atom is -0.394 e. The first-order valence-electron chi connectivity index (χ1n) is 38.1. The zero-order valence-corrected chi connectivity index (χ0v) is 56.7. The molecule has 6 N–H and O–H groups in total. The highest BCUT2D eigenvalue weighted by atomic mass is 16.7. The Morgan fingerprint density at radius 1 is 0.388 bits per heavy atom. The van der Waals surface area contributed by atoms with Gasteiger partial charge in [-0.05, 0) is 44.9 Å². The highest BCUT2D eigenvalue weighted by Gasteiger charge is 2.44. The quantitative estimate of drug-likeness (QED) is 0.0261. The van der Waals surface area contributed by atoms with E-state index in [1.54, 1.807) is 6.08 Å². The van der Waals surface area contributed by atoms with Crippen molar-refractivity contribution in [1.82, 2.24) is 5.32 Å². The van der Waals surface area contributed by atoms with Crippen LogP contribution in [0.25, 0.3) is 0 Å². The van der Waals surface area contributed by atoms with Gasteiger partial charge in [0.1, 0.15) is 24.4 Å². The van der Waals surface area contributed by atoms with Crippen LogP contribution in [-0.4, -0.2) is 87.5 Å². The van der Waals surface area contributed by atoms with Crippen molar-refractivity contribution < 1.29 is 39.8 Å². The van der Waals surface area contributed by atoms with Gasteiger partial charge in [-0.15, -0.1) is 0 Å². The van der Waals surface area contributed by atoms with E-state index in [9.17, 15) is 30.3 Å². The lowest BCUT2D eigenvalue weighted by Crippen LogP contribution is -2.60. The standard InChI is InChI=1S/C76H147NO8/c1-3-5-7-9-11-13-15-17-19-21-23-25-27-29-31-33-34-35-36-38-40-42-44-46-48-50-52-54-56-58-60-62-64-66-72(80)77-69(68-84-76-75(83)74(82)73(81)71(67-78)85-76)70(79)65-63-61-59-57-55-53-51-49-47-45-43-41-39-37-32-30-28-26-24-22-20-18-16-14-12-10-8-6-4-2/h21,23,63,65,69-71,73-76,78-79,81-83H,3-20,22,24-62,64,66-68H2,1-2H3,(H,77,80)/b23-21-,65-63+. The number of hydrogen-bond acceptors (Lipinski definition) is 8. The summed E-state index contributed by atoms with van der Waals surface area (Å²) in [7, 11) is 0. The maximum Gasteiger partial charge on any atom is 0.220 e. The molecule has 1 saturated heterocycles. The van der Waals surface area contributed by atoms with Crippen molar-refractivity contribution in [2.45, 2.75) is 442 Å². The van der Waals surface area contributed by atoms with Crippen LogP contribution in [0, 0.1) is 0 Å². The first kappa shape index (κ1) is 81.7. The number of carbonyl (C=O) groups is 1. The molecule has 1 amide bonds. The molecule has 7 unspecified atom stereocenters. The van der Waals surface area contributed by atoms with E-state index in [1.165, 1.54) is 340 Å². The van der Waals surface area contributed by atoms with Gasteiger partial charge in [0.05, 0.1) is 25.4 Å². The molecule has 0 aliphatic carbocycles. The lowest BCUT2D eigenvalue weighted by atomic mass is 9.99. The van der Waals surface area contributed by atoms with Gasteiger partial charge in [-0.3, -0.25) is 4.79 Å². The topological polar surface area (TPSA) is 149 Å². The summed E-state index contributed by atoms with van der Waals surface area (Å²) in [6, 6.07) is -0.804. The van der Waals surface area contributed by atoms with Gasteiger partial charge in [-0.2, -0.15) is 0 Å². The summed E-state index contributed by atoms with van der Waals surface area (Å²) in [5, 5.41) is 54.9. The van der Waals surface area contributed by atoms with E-state index in [-0.39, 0.29) is 12.5 Å². The molecule has 0 aromatic heterocycles. The third-order valence-corrected chi connectivity index (χ3v) is 18.5. The highest BCUT2D eigenvalue weighted by Crippen LogP contribution is 2.24. The summed E-state index contributed by atoms with van der Waals surface area (Å²) in [6.45, 7) is 3.85. The predicted molar refractivity (Wildman–Crippen MR) is 364 cm³/mol. The Morgan fingerprint density at radius 3 is 0.953 bits per heavy atom. The maximum atomic E-state index is 13.2. The lowest BCUT2D eigenvalue weighted by Gasteiger charge is -2.40. The molecule has 9 heteroatoms. The van der Waals surface area contributed by atoms with E-state index in [0.717, 1.165) is 38.5 Å². The summed E-state index contributed by atoms with van der Waals surface area (Å²) >= 11 is 0. The van der Waals surface area contributed by atoms with Gasteiger partial charge >= 0.3 is 0 Å². The zero-order chi connectivity index (χ0) is 61.4. The van der Waals surface area contributed by atoms with Crippen LogP contribution in [0.3, 0.4) is 0 Å². The zero-order valence-electron chi connectivity index (χ0n) is 56.7. The van der Waals surface area contributed by atoms with Crippen molar-refractivity contribution in [3.8, 4) is 0 Å². The lowest BCUT2D eigenvalue weighted by molar-refractivity contribution is -0.302. The third-order valence-electron chi connectivity index (χ3n) is 18.5. The fourth-order valence-corrected chi connectivity index (χ4v) is 12.6. The smallest absolute Gasteiger partial charge is 0.220 e. The van der Waals surface area contributed by atoms with Crippen molar-refractivity contribution in [2.24, 2.45) is 0 Å². The molecule has 504 valence electrons. The van der Waals surface area contributed by atoms with E-state index < -0.39 is 49.5 Å². The van der Waals surface area contributed by atoms with Gasteiger partial charge in [0, 0.05) is 6.42 Å². The van der Waals surface area contributed by atoms with Gasteiger partial charge in [0.15, 0.2) is 6.29 Å². The Bertz CT molecular complexity index is 1390. The molecule has 9 nitrogen and oxygen atoms in total. The van der Waals surface area contributed by atoms with E-state index in [1.807, 2.05) is 6.08 Å². The Balaban J connectivity index is 2.08. The van der Waals surface area contributed by atoms with Gasteiger partial charge in [0.2, 0.25) is 5.91 Å². The Hall–Kier alpha value is -1.33. The Labute approximate surface area is 528 Å². The van der Waals surface area contributed by atoms with Crippen LogP contribution in [0.1, 0.15) is 399 Å². The average Bonchev–Trinajstić information content (AvgIpc) is 3.68. The summed E-state index contributed by atoms with van der Waals surface area (Å²) in [5.41, 5.74) is 0. The second kappa shape index (κ2) is 65.6. The number of nitrogens with one attached hydrogen (secondary N) is 1. The predicted octanol–water partition coefficient (Wildman–Crippen LogP) is 21.2. The Morgan fingerprint density at radius 2 is 0.659 bits per heavy atom. The minimum atomic E-state index is -1.57. The SMILES string of the molecule is CCCCCCCCCC/C=C\CCCCCCCCCCCCCCCCCCCCCCCC(=O)NC(COC1OC(CO)C(O)C(O)C1O)C(O)/C=C/CCCCCCCCCCCCCCCCCCCCCCCCCCCCC. The molecule has 0 saturated carbocycles. The van der Waals surface area contributed by atoms with Crippen LogP contribution < -0.4 is 5.32 Å². The van der Waals surface area contributed by atoms with Crippen molar-refractivity contribution in [2.75, 3.05) is 13.2 Å². The second-order valence-electron chi connectivity index (χ2n) is 26.8. The molecule has 0 spiro atoms. The summed E-state index contributed by atoms with van der Waals surface area (Å²) in [4.78, 5) is 13.2. The van der Waals surface area contributed by atoms with Gasteiger partial charge in [-0.25, -0.2) is 0 Å². The summed E-state index contributed by atoms with van der Waals surface area (Å²) < 4.78 is 11.3. The molecular formula is C76H147NO8. The first-order valence-corrected chi connectivity index (χ1v) is 38.1. The van der Waals surface area contributed by atoms with Crippen LogP contribution in [0.5, 0.6) is 0 Å². The molecule has 85 heavy (non-hydrogen) atoms. The normalized spacial score (nSPS) is 18.1. The van der Waals surface area contributed by atoms with Crippen LogP contribution in [0.2, 0.25) is 0 Å². The number of unbranched alkanes of at least 4 members (excludes halogenated alkanes) is 56. The number of carbonyl (C=O) groups excluding carboxylic acids is 1. The number of allylic oxidation sites excluding steroid dienone is 3. The van der Waals surface area contributed by atoms with Crippen LogP contribution in [0.4, 0.5) is 0 Å². The summed E-state index contributed by atoms with van der Waals surface area (Å²) in [6.07, 6.45) is 80.3. The van der Waals surface area contributed by atoms with Crippen molar-refractivity contribution in [3.63, 3.8) is 0 Å². The molecule has 0 bridgehead atoms. The minimum absolute atomic E-state index is 0.167. The molecular weight excluding hydrogens is 1050 g/mol. The summed E-state index contributed by atoms with van der Waals surface area (Å²) in [5.74, 6) is -0.167. The number of rotatable bonds is 68. The van der Waals surface area contributed by atoms with Crippen molar-refractivity contribution in [3.05, 3.63) is 24.3 Å². The molecule has 1 heterocycles. The molecule has 7 atom stereocenters. The van der Waals surface area contributed by atoms with Crippen molar-refractivity contribution in [1.29, 1.82) is 0 Å².